The minimum atomic E-state index is 0.827. The molecule has 0 unspecified atom stereocenters. The number of rotatable bonds is 5. The predicted molar refractivity (Wildman–Crippen MR) is 82.2 cm³/mol. The van der Waals surface area contributed by atoms with Gasteiger partial charge in [-0.25, -0.2) is 9.97 Å². The number of hydrogen-bond donors (Lipinski definition) is 1. The Morgan fingerprint density at radius 2 is 2.10 bits per heavy atom. The molecular formula is C14H17N5S. The summed E-state index contributed by atoms with van der Waals surface area (Å²) in [4.78, 5) is 8.95. The van der Waals surface area contributed by atoms with E-state index in [0.717, 1.165) is 41.7 Å². The molecule has 6 heteroatoms. The Balaban J connectivity index is 1.58. The van der Waals surface area contributed by atoms with Crippen LogP contribution in [0.15, 0.2) is 24.3 Å². The molecule has 1 N–H and O–H groups in total. The molecule has 0 fully saturated rings. The summed E-state index contributed by atoms with van der Waals surface area (Å²) in [5, 5.41) is 4.19. The summed E-state index contributed by atoms with van der Waals surface area (Å²) in [7, 11) is 2.08. The predicted octanol–water partition coefficient (Wildman–Crippen LogP) is 2.78. The smallest absolute Gasteiger partial charge is 0.202 e. The lowest BCUT2D eigenvalue weighted by Crippen LogP contribution is -2.05. The van der Waals surface area contributed by atoms with Crippen LogP contribution < -0.4 is 5.32 Å². The lowest BCUT2D eigenvalue weighted by molar-refractivity contribution is 0.753. The molecule has 2 aromatic heterocycles. The molecule has 1 aromatic carbocycles. The first-order valence-electron chi connectivity index (χ1n) is 6.68. The SMILES string of the molecule is Cc1nsc(NCCCc2nc3ccccc3n2C)n1. The van der Waals surface area contributed by atoms with Crippen LogP contribution in [0.25, 0.3) is 11.0 Å². The summed E-state index contributed by atoms with van der Waals surface area (Å²) in [6, 6.07) is 8.24. The molecule has 0 saturated heterocycles. The maximum absolute atomic E-state index is 4.67. The zero-order valence-corrected chi connectivity index (χ0v) is 12.4. The van der Waals surface area contributed by atoms with Crippen LogP contribution in [-0.4, -0.2) is 25.5 Å². The highest BCUT2D eigenvalue weighted by Crippen LogP contribution is 2.15. The minimum Gasteiger partial charge on any atom is -0.360 e. The Morgan fingerprint density at radius 1 is 1.25 bits per heavy atom. The summed E-state index contributed by atoms with van der Waals surface area (Å²) >= 11 is 1.41. The summed E-state index contributed by atoms with van der Waals surface area (Å²) in [6.45, 7) is 2.79. The second-order valence-electron chi connectivity index (χ2n) is 4.75. The monoisotopic (exact) mass is 287 g/mol. The van der Waals surface area contributed by atoms with Crippen LogP contribution in [0.1, 0.15) is 18.1 Å². The topological polar surface area (TPSA) is 55.6 Å². The number of anilines is 1. The van der Waals surface area contributed by atoms with E-state index < -0.39 is 0 Å². The van der Waals surface area contributed by atoms with E-state index in [1.54, 1.807) is 0 Å². The molecule has 0 amide bonds. The summed E-state index contributed by atoms with van der Waals surface area (Å²) in [5.74, 6) is 1.95. The van der Waals surface area contributed by atoms with Gasteiger partial charge < -0.3 is 9.88 Å². The second-order valence-corrected chi connectivity index (χ2v) is 5.50. The van der Waals surface area contributed by atoms with Crippen molar-refractivity contribution in [3.63, 3.8) is 0 Å². The first-order valence-corrected chi connectivity index (χ1v) is 7.46. The maximum atomic E-state index is 4.67. The third-order valence-corrected chi connectivity index (χ3v) is 4.02. The fourth-order valence-electron chi connectivity index (χ4n) is 2.23. The zero-order valence-electron chi connectivity index (χ0n) is 11.6. The van der Waals surface area contributed by atoms with Gasteiger partial charge in [-0.05, 0) is 25.5 Å². The van der Waals surface area contributed by atoms with Crippen LogP contribution in [0.4, 0.5) is 5.13 Å². The fraction of sp³-hybridized carbons (Fsp3) is 0.357. The van der Waals surface area contributed by atoms with Crippen molar-refractivity contribution in [2.24, 2.45) is 7.05 Å². The molecule has 0 aliphatic rings. The number of benzene rings is 1. The Hall–Kier alpha value is -1.95. The highest BCUT2D eigenvalue weighted by molar-refractivity contribution is 7.09. The molecule has 0 bridgehead atoms. The number of aryl methyl sites for hydroxylation is 3. The van der Waals surface area contributed by atoms with Gasteiger partial charge in [-0.1, -0.05) is 12.1 Å². The van der Waals surface area contributed by atoms with E-state index in [9.17, 15) is 0 Å². The Bertz CT molecular complexity index is 715. The van der Waals surface area contributed by atoms with E-state index in [-0.39, 0.29) is 0 Å². The van der Waals surface area contributed by atoms with Gasteiger partial charge in [-0.2, -0.15) is 4.37 Å². The molecule has 104 valence electrons. The van der Waals surface area contributed by atoms with E-state index in [2.05, 4.69) is 43.4 Å². The van der Waals surface area contributed by atoms with Crippen molar-refractivity contribution in [2.75, 3.05) is 11.9 Å². The van der Waals surface area contributed by atoms with Crippen LogP contribution in [0, 0.1) is 6.92 Å². The first kappa shape index (κ1) is 13.1. The number of nitrogens with zero attached hydrogens (tertiary/aromatic N) is 4. The summed E-state index contributed by atoms with van der Waals surface area (Å²) < 4.78 is 6.32. The number of para-hydroxylation sites is 2. The lowest BCUT2D eigenvalue weighted by atomic mass is 10.3. The van der Waals surface area contributed by atoms with Gasteiger partial charge in [0.05, 0.1) is 11.0 Å². The average molecular weight is 287 g/mol. The van der Waals surface area contributed by atoms with E-state index >= 15 is 0 Å². The van der Waals surface area contributed by atoms with Crippen molar-refractivity contribution in [1.82, 2.24) is 18.9 Å². The van der Waals surface area contributed by atoms with Crippen molar-refractivity contribution >= 4 is 27.7 Å². The third-order valence-electron chi connectivity index (χ3n) is 3.26. The lowest BCUT2D eigenvalue weighted by Gasteiger charge is -2.03. The average Bonchev–Trinajstić information content (AvgIpc) is 3.00. The molecule has 0 spiro atoms. The Labute approximate surface area is 121 Å². The van der Waals surface area contributed by atoms with Crippen molar-refractivity contribution < 1.29 is 0 Å². The molecular weight excluding hydrogens is 270 g/mol. The molecule has 0 radical (unpaired) electrons. The van der Waals surface area contributed by atoms with Crippen LogP contribution in [0.3, 0.4) is 0 Å². The van der Waals surface area contributed by atoms with Crippen LogP contribution in [0.2, 0.25) is 0 Å². The molecule has 0 atom stereocenters. The number of imidazole rings is 1. The largest absolute Gasteiger partial charge is 0.360 e. The highest BCUT2D eigenvalue weighted by atomic mass is 32.1. The van der Waals surface area contributed by atoms with Gasteiger partial charge in [0.15, 0.2) is 0 Å². The van der Waals surface area contributed by atoms with Gasteiger partial charge in [0.25, 0.3) is 0 Å². The minimum absolute atomic E-state index is 0.827. The van der Waals surface area contributed by atoms with E-state index in [1.807, 2.05) is 19.1 Å². The van der Waals surface area contributed by atoms with E-state index in [4.69, 9.17) is 0 Å². The Morgan fingerprint density at radius 3 is 2.85 bits per heavy atom. The van der Waals surface area contributed by atoms with Gasteiger partial charge in [0.2, 0.25) is 5.13 Å². The molecule has 0 aliphatic carbocycles. The van der Waals surface area contributed by atoms with Crippen molar-refractivity contribution in [1.29, 1.82) is 0 Å². The molecule has 0 aliphatic heterocycles. The quantitative estimate of drug-likeness (QED) is 0.733. The van der Waals surface area contributed by atoms with Gasteiger partial charge in [0, 0.05) is 31.5 Å². The van der Waals surface area contributed by atoms with Crippen LogP contribution in [0.5, 0.6) is 0 Å². The van der Waals surface area contributed by atoms with Gasteiger partial charge in [-0.3, -0.25) is 0 Å². The third kappa shape index (κ3) is 2.65. The second kappa shape index (κ2) is 5.58. The first-order chi connectivity index (χ1) is 9.74. The van der Waals surface area contributed by atoms with Gasteiger partial charge in [0.1, 0.15) is 11.6 Å². The standard InChI is InChI=1S/C14H17N5S/c1-10-16-14(20-18-10)15-9-5-8-13-17-11-6-3-4-7-12(11)19(13)2/h3-4,6-7H,5,8-9H2,1-2H3,(H,15,16,18). The van der Waals surface area contributed by atoms with Crippen molar-refractivity contribution in [3.8, 4) is 0 Å². The number of aromatic nitrogens is 4. The molecule has 3 rings (SSSR count). The van der Waals surface area contributed by atoms with Crippen LogP contribution >= 0.6 is 11.5 Å². The van der Waals surface area contributed by atoms with Gasteiger partial charge >= 0.3 is 0 Å². The van der Waals surface area contributed by atoms with Crippen molar-refractivity contribution in [3.05, 3.63) is 35.9 Å². The number of fused-ring (bicyclic) bond motifs is 1. The number of nitrogens with one attached hydrogen (secondary N) is 1. The molecule has 3 aromatic rings. The molecule has 20 heavy (non-hydrogen) atoms. The Kier molecular flexibility index (Phi) is 3.64. The van der Waals surface area contributed by atoms with Gasteiger partial charge in [-0.15, -0.1) is 0 Å². The van der Waals surface area contributed by atoms with E-state index in [1.165, 1.54) is 17.0 Å². The number of hydrogen-bond acceptors (Lipinski definition) is 5. The van der Waals surface area contributed by atoms with Crippen LogP contribution in [-0.2, 0) is 13.5 Å². The normalized spacial score (nSPS) is 11.1. The van der Waals surface area contributed by atoms with Crippen molar-refractivity contribution in [2.45, 2.75) is 19.8 Å². The molecule has 0 saturated carbocycles. The summed E-state index contributed by atoms with van der Waals surface area (Å²) in [5.41, 5.74) is 2.26. The fourth-order valence-corrected chi connectivity index (χ4v) is 2.83. The maximum Gasteiger partial charge on any atom is 0.202 e. The molecule has 5 nitrogen and oxygen atoms in total. The molecule has 2 heterocycles. The summed E-state index contributed by atoms with van der Waals surface area (Å²) in [6.07, 6.45) is 1.98. The highest BCUT2D eigenvalue weighted by Gasteiger charge is 2.06. The van der Waals surface area contributed by atoms with E-state index in [0.29, 0.717) is 0 Å². The zero-order chi connectivity index (χ0) is 13.9.